The summed E-state index contributed by atoms with van der Waals surface area (Å²) >= 11 is 5.44. The lowest BCUT2D eigenvalue weighted by molar-refractivity contribution is -0.143. The molecule has 0 aromatic heterocycles. The van der Waals surface area contributed by atoms with Crippen molar-refractivity contribution in [2.24, 2.45) is 0 Å². The van der Waals surface area contributed by atoms with E-state index in [1.54, 1.807) is 19.1 Å². The number of benzene rings is 1. The number of hydrogen-bond donors (Lipinski definition) is 0. The second-order valence-electron chi connectivity index (χ2n) is 3.90. The average Bonchev–Trinajstić information content (AvgIpc) is 2.40. The minimum Gasteiger partial charge on any atom is -0.465 e. The van der Waals surface area contributed by atoms with E-state index in [9.17, 15) is 9.59 Å². The standard InChI is InChI=1S/C14H15BrINO3/c1-3-7-17(9-13(18)20-4-2)14(19)11-8-10(15)5-6-12(11)16/h3,5-6,8H,1,4,7,9H2,2H3. The molecule has 0 fully saturated rings. The number of esters is 1. The molecule has 0 spiro atoms. The molecule has 0 heterocycles. The molecule has 0 aliphatic carbocycles. The molecular formula is C14H15BrINO3. The molecule has 0 N–H and O–H groups in total. The van der Waals surface area contributed by atoms with Gasteiger partial charge in [0.1, 0.15) is 6.54 Å². The van der Waals surface area contributed by atoms with E-state index < -0.39 is 5.97 Å². The number of carbonyl (C=O) groups is 2. The van der Waals surface area contributed by atoms with Crippen LogP contribution in [0.3, 0.4) is 0 Å². The molecule has 0 saturated carbocycles. The van der Waals surface area contributed by atoms with Crippen molar-refractivity contribution in [1.82, 2.24) is 4.90 Å². The van der Waals surface area contributed by atoms with Crippen LogP contribution in [-0.2, 0) is 9.53 Å². The van der Waals surface area contributed by atoms with E-state index in [2.05, 4.69) is 45.1 Å². The summed E-state index contributed by atoms with van der Waals surface area (Å²) in [7, 11) is 0. The van der Waals surface area contributed by atoms with Gasteiger partial charge < -0.3 is 9.64 Å². The van der Waals surface area contributed by atoms with Gasteiger partial charge in [-0.15, -0.1) is 6.58 Å². The van der Waals surface area contributed by atoms with E-state index in [4.69, 9.17) is 4.74 Å². The lowest BCUT2D eigenvalue weighted by Crippen LogP contribution is -2.37. The summed E-state index contributed by atoms with van der Waals surface area (Å²) in [5, 5.41) is 0. The molecule has 20 heavy (non-hydrogen) atoms. The topological polar surface area (TPSA) is 46.6 Å². The summed E-state index contributed by atoms with van der Waals surface area (Å²) in [6.45, 7) is 5.85. The maximum atomic E-state index is 12.5. The van der Waals surface area contributed by atoms with Crippen molar-refractivity contribution in [1.29, 1.82) is 0 Å². The van der Waals surface area contributed by atoms with Gasteiger partial charge >= 0.3 is 5.97 Å². The fourth-order valence-corrected chi connectivity index (χ4v) is 2.50. The Kier molecular flexibility index (Phi) is 7.22. The van der Waals surface area contributed by atoms with Gasteiger partial charge in [0.15, 0.2) is 0 Å². The molecule has 1 aromatic carbocycles. The highest BCUT2D eigenvalue weighted by Gasteiger charge is 2.20. The molecule has 1 amide bonds. The molecule has 1 aromatic rings. The minimum absolute atomic E-state index is 0.0821. The van der Waals surface area contributed by atoms with Crippen LogP contribution in [0, 0.1) is 3.57 Å². The highest BCUT2D eigenvalue weighted by Crippen LogP contribution is 2.20. The van der Waals surface area contributed by atoms with E-state index in [1.165, 1.54) is 4.90 Å². The van der Waals surface area contributed by atoms with Gasteiger partial charge in [-0.25, -0.2) is 0 Å². The van der Waals surface area contributed by atoms with Crippen LogP contribution in [-0.4, -0.2) is 36.5 Å². The Morgan fingerprint density at radius 1 is 1.50 bits per heavy atom. The SMILES string of the molecule is C=CCN(CC(=O)OCC)C(=O)c1cc(Br)ccc1I. The third-order valence-electron chi connectivity index (χ3n) is 2.42. The molecule has 0 aliphatic heterocycles. The second-order valence-corrected chi connectivity index (χ2v) is 5.98. The summed E-state index contributed by atoms with van der Waals surface area (Å²) in [5.74, 6) is -0.642. The van der Waals surface area contributed by atoms with Gasteiger partial charge in [0, 0.05) is 14.6 Å². The molecule has 4 nitrogen and oxygen atoms in total. The molecule has 108 valence electrons. The van der Waals surface area contributed by atoms with Crippen LogP contribution in [0.25, 0.3) is 0 Å². The van der Waals surface area contributed by atoms with Gasteiger partial charge in [0.25, 0.3) is 5.91 Å². The van der Waals surface area contributed by atoms with Crippen LogP contribution in [0.4, 0.5) is 0 Å². The first kappa shape index (κ1) is 17.2. The summed E-state index contributed by atoms with van der Waals surface area (Å²) in [6.07, 6.45) is 1.59. The fourth-order valence-electron chi connectivity index (χ4n) is 1.57. The largest absolute Gasteiger partial charge is 0.465 e. The van der Waals surface area contributed by atoms with Gasteiger partial charge in [-0.3, -0.25) is 9.59 Å². The maximum absolute atomic E-state index is 12.5. The van der Waals surface area contributed by atoms with Crippen molar-refractivity contribution in [3.63, 3.8) is 0 Å². The highest BCUT2D eigenvalue weighted by atomic mass is 127. The molecule has 0 bridgehead atoms. The number of ether oxygens (including phenoxy) is 1. The van der Waals surface area contributed by atoms with Crippen LogP contribution >= 0.6 is 38.5 Å². The smallest absolute Gasteiger partial charge is 0.325 e. The Morgan fingerprint density at radius 2 is 2.20 bits per heavy atom. The van der Waals surface area contributed by atoms with Gasteiger partial charge in [-0.05, 0) is 47.7 Å². The Morgan fingerprint density at radius 3 is 2.80 bits per heavy atom. The third kappa shape index (κ3) is 4.90. The van der Waals surface area contributed by atoms with Crippen LogP contribution < -0.4 is 0 Å². The summed E-state index contributed by atoms with van der Waals surface area (Å²) in [4.78, 5) is 25.5. The van der Waals surface area contributed by atoms with Crippen molar-refractivity contribution >= 4 is 50.4 Å². The summed E-state index contributed by atoms with van der Waals surface area (Å²) in [6, 6.07) is 5.45. The number of hydrogen-bond acceptors (Lipinski definition) is 3. The zero-order chi connectivity index (χ0) is 15.1. The summed E-state index contributed by atoms with van der Waals surface area (Å²) in [5.41, 5.74) is 0.547. The number of rotatable bonds is 6. The van der Waals surface area contributed by atoms with Gasteiger partial charge in [-0.1, -0.05) is 22.0 Å². The molecule has 0 unspecified atom stereocenters. The highest BCUT2D eigenvalue weighted by molar-refractivity contribution is 14.1. The van der Waals surface area contributed by atoms with Gasteiger partial charge in [-0.2, -0.15) is 0 Å². The first-order chi connectivity index (χ1) is 9.49. The van der Waals surface area contributed by atoms with Gasteiger partial charge in [0.05, 0.1) is 12.2 Å². The Bertz CT molecular complexity index is 519. The lowest BCUT2D eigenvalue weighted by atomic mass is 10.2. The normalized spacial score (nSPS) is 9.95. The second kappa shape index (κ2) is 8.41. The average molecular weight is 452 g/mol. The van der Waals surface area contributed by atoms with Crippen molar-refractivity contribution < 1.29 is 14.3 Å². The number of carbonyl (C=O) groups excluding carboxylic acids is 2. The Labute approximate surface area is 140 Å². The summed E-state index contributed by atoms with van der Waals surface area (Å²) < 4.78 is 6.52. The zero-order valence-electron chi connectivity index (χ0n) is 11.1. The number of amides is 1. The number of halogens is 2. The molecular weight excluding hydrogens is 437 g/mol. The predicted octanol–water partition coefficient (Wildman–Crippen LogP) is 3.25. The fraction of sp³-hybridized carbons (Fsp3) is 0.286. The van der Waals surface area contributed by atoms with E-state index in [-0.39, 0.29) is 12.5 Å². The Balaban J connectivity index is 2.95. The van der Waals surface area contributed by atoms with E-state index in [1.807, 2.05) is 12.1 Å². The molecule has 0 saturated heterocycles. The first-order valence-electron chi connectivity index (χ1n) is 6.00. The van der Waals surface area contributed by atoms with Crippen molar-refractivity contribution in [3.05, 3.63) is 44.5 Å². The quantitative estimate of drug-likeness (QED) is 0.379. The third-order valence-corrected chi connectivity index (χ3v) is 3.85. The van der Waals surface area contributed by atoms with Crippen molar-refractivity contribution in [2.75, 3.05) is 19.7 Å². The van der Waals surface area contributed by atoms with Crippen LogP contribution in [0.5, 0.6) is 0 Å². The molecule has 0 aliphatic rings. The van der Waals surface area contributed by atoms with Gasteiger partial charge in [0.2, 0.25) is 0 Å². The van der Waals surface area contributed by atoms with E-state index in [0.29, 0.717) is 18.7 Å². The lowest BCUT2D eigenvalue weighted by Gasteiger charge is -2.20. The first-order valence-corrected chi connectivity index (χ1v) is 7.87. The van der Waals surface area contributed by atoms with Crippen molar-refractivity contribution in [2.45, 2.75) is 6.92 Å². The molecule has 0 radical (unpaired) electrons. The van der Waals surface area contributed by atoms with Crippen LogP contribution in [0.1, 0.15) is 17.3 Å². The minimum atomic E-state index is -0.423. The zero-order valence-corrected chi connectivity index (χ0v) is 14.8. The van der Waals surface area contributed by atoms with E-state index >= 15 is 0 Å². The van der Waals surface area contributed by atoms with Crippen LogP contribution in [0.15, 0.2) is 35.3 Å². The molecule has 0 atom stereocenters. The Hall–Kier alpha value is -0.890. The van der Waals surface area contributed by atoms with E-state index in [0.717, 1.165) is 8.04 Å². The molecule has 6 heteroatoms. The van der Waals surface area contributed by atoms with Crippen molar-refractivity contribution in [3.8, 4) is 0 Å². The monoisotopic (exact) mass is 451 g/mol. The molecule has 1 rings (SSSR count). The predicted molar refractivity (Wildman–Crippen MR) is 89.6 cm³/mol. The number of nitrogens with zero attached hydrogens (tertiary/aromatic N) is 1. The van der Waals surface area contributed by atoms with Crippen LogP contribution in [0.2, 0.25) is 0 Å². The maximum Gasteiger partial charge on any atom is 0.325 e.